The average molecular weight is 367 g/mol. The van der Waals surface area contributed by atoms with E-state index in [1.807, 2.05) is 0 Å². The van der Waals surface area contributed by atoms with Gasteiger partial charge in [-0.3, -0.25) is 10.1 Å². The van der Waals surface area contributed by atoms with Crippen molar-refractivity contribution in [2.75, 3.05) is 12.4 Å². The summed E-state index contributed by atoms with van der Waals surface area (Å²) in [6.45, 7) is 0. The Morgan fingerprint density at radius 2 is 2.08 bits per heavy atom. The number of amidine groups is 1. The molecule has 0 unspecified atom stereocenters. The summed E-state index contributed by atoms with van der Waals surface area (Å²) in [5.41, 5.74) is 0.381. The molecule has 1 aliphatic heterocycles. The summed E-state index contributed by atoms with van der Waals surface area (Å²) in [5.74, 6) is -0.784. The molecule has 1 N–H and O–H groups in total. The smallest absolute Gasteiger partial charge is 0.350 e. The lowest BCUT2D eigenvalue weighted by molar-refractivity contribution is -0.380. The highest BCUT2D eigenvalue weighted by Gasteiger charge is 2.30. The number of carbonyl (C=O) groups excluding carboxylic acids is 1. The molecular weight excluding hydrogens is 358 g/mol. The lowest BCUT2D eigenvalue weighted by atomic mass is 10.2. The number of benzene rings is 1. The standard InChI is InChI=1S/C13H9N3O6S2/c1-22-13(17)11-8(6-10(23-11)16(18)19)14-12-7-4-2-3-5-9(7)24(20,21)15-12/h2-6H,1H3,(H,14,15). The van der Waals surface area contributed by atoms with E-state index in [0.717, 1.165) is 13.2 Å². The van der Waals surface area contributed by atoms with Gasteiger partial charge in [-0.05, 0) is 12.1 Å². The van der Waals surface area contributed by atoms with Gasteiger partial charge in [0.15, 0.2) is 5.84 Å². The van der Waals surface area contributed by atoms with Crippen LogP contribution < -0.4 is 5.32 Å². The van der Waals surface area contributed by atoms with Crippen molar-refractivity contribution in [3.63, 3.8) is 0 Å². The fourth-order valence-electron chi connectivity index (χ4n) is 2.13. The van der Waals surface area contributed by atoms with Gasteiger partial charge in [-0.2, -0.15) is 8.42 Å². The van der Waals surface area contributed by atoms with E-state index in [1.165, 1.54) is 6.07 Å². The summed E-state index contributed by atoms with van der Waals surface area (Å²) in [4.78, 5) is 22.0. The normalized spacial score (nSPS) is 14.6. The first-order valence-electron chi connectivity index (χ1n) is 6.41. The maximum absolute atomic E-state index is 12.0. The van der Waals surface area contributed by atoms with Gasteiger partial charge >= 0.3 is 11.0 Å². The Bertz CT molecular complexity index is 993. The number of nitrogens with one attached hydrogen (secondary N) is 1. The molecule has 9 nitrogen and oxygen atoms in total. The van der Waals surface area contributed by atoms with E-state index in [1.54, 1.807) is 18.2 Å². The van der Waals surface area contributed by atoms with Crippen LogP contribution in [0.4, 0.5) is 10.7 Å². The predicted octanol–water partition coefficient (Wildman–Crippen LogP) is 2.00. The lowest BCUT2D eigenvalue weighted by Gasteiger charge is -2.06. The molecule has 0 saturated carbocycles. The summed E-state index contributed by atoms with van der Waals surface area (Å²) in [5, 5.41) is 13.3. The lowest BCUT2D eigenvalue weighted by Crippen LogP contribution is -2.13. The van der Waals surface area contributed by atoms with Crippen LogP contribution in [0, 0.1) is 10.1 Å². The first-order valence-corrected chi connectivity index (χ1v) is 8.67. The molecule has 24 heavy (non-hydrogen) atoms. The second-order valence-corrected chi connectivity index (χ2v) is 7.22. The van der Waals surface area contributed by atoms with E-state index < -0.39 is 20.9 Å². The fraction of sp³-hybridized carbons (Fsp3) is 0.0769. The van der Waals surface area contributed by atoms with E-state index in [2.05, 4.69) is 14.5 Å². The molecule has 2 aromatic rings. The third kappa shape index (κ3) is 2.63. The molecule has 1 aromatic carbocycles. The Labute approximate surface area is 139 Å². The molecule has 11 heteroatoms. The third-order valence-corrected chi connectivity index (χ3v) is 5.56. The molecule has 0 fully saturated rings. The SMILES string of the molecule is COC(=O)c1sc([N+](=O)[O-])cc1NC1=NS(=O)(=O)c2ccccc21. The van der Waals surface area contributed by atoms with Gasteiger partial charge in [0.25, 0.3) is 10.0 Å². The first kappa shape index (κ1) is 16.1. The van der Waals surface area contributed by atoms with Crippen LogP contribution >= 0.6 is 11.3 Å². The molecule has 1 aromatic heterocycles. The van der Waals surface area contributed by atoms with Crippen LogP contribution in [0.3, 0.4) is 0 Å². The van der Waals surface area contributed by atoms with Crippen LogP contribution in [-0.4, -0.2) is 32.3 Å². The number of nitro groups is 1. The number of carbonyl (C=O) groups is 1. The van der Waals surface area contributed by atoms with Gasteiger partial charge in [0.1, 0.15) is 9.77 Å². The van der Waals surface area contributed by atoms with Crippen LogP contribution in [0.1, 0.15) is 15.2 Å². The Kier molecular flexibility index (Phi) is 3.81. The second kappa shape index (κ2) is 5.69. The molecule has 0 spiro atoms. The van der Waals surface area contributed by atoms with E-state index in [4.69, 9.17) is 0 Å². The van der Waals surface area contributed by atoms with Gasteiger partial charge in [0.2, 0.25) is 0 Å². The molecule has 124 valence electrons. The predicted molar refractivity (Wildman–Crippen MR) is 86.1 cm³/mol. The number of methoxy groups -OCH3 is 1. The summed E-state index contributed by atoms with van der Waals surface area (Å²) in [6.07, 6.45) is 0. The molecule has 2 heterocycles. The number of hydrogen-bond acceptors (Lipinski definition) is 8. The zero-order valence-electron chi connectivity index (χ0n) is 12.0. The molecular formula is C13H9N3O6S2. The number of sulfonamides is 1. The molecule has 1 aliphatic rings. The van der Waals surface area contributed by atoms with Crippen molar-refractivity contribution in [2.24, 2.45) is 4.40 Å². The number of anilines is 1. The van der Waals surface area contributed by atoms with Crippen molar-refractivity contribution < 1.29 is 22.9 Å². The number of hydrogen-bond donors (Lipinski definition) is 1. The van der Waals surface area contributed by atoms with Gasteiger partial charge in [-0.15, -0.1) is 4.40 Å². The van der Waals surface area contributed by atoms with Crippen molar-refractivity contribution >= 4 is 43.9 Å². The topological polar surface area (TPSA) is 128 Å². The highest BCUT2D eigenvalue weighted by Crippen LogP contribution is 2.35. The number of fused-ring (bicyclic) bond motifs is 1. The van der Waals surface area contributed by atoms with Crippen LogP contribution in [0.15, 0.2) is 39.6 Å². The zero-order valence-corrected chi connectivity index (χ0v) is 13.7. The maximum Gasteiger partial charge on any atom is 0.350 e. The Morgan fingerprint density at radius 3 is 2.75 bits per heavy atom. The number of thiophene rings is 1. The van der Waals surface area contributed by atoms with E-state index in [9.17, 15) is 23.3 Å². The number of esters is 1. The van der Waals surface area contributed by atoms with E-state index >= 15 is 0 Å². The van der Waals surface area contributed by atoms with E-state index in [0.29, 0.717) is 16.9 Å². The average Bonchev–Trinajstić information content (AvgIpc) is 3.07. The van der Waals surface area contributed by atoms with Gasteiger partial charge in [0, 0.05) is 5.56 Å². The highest BCUT2D eigenvalue weighted by atomic mass is 32.2. The molecule has 0 aliphatic carbocycles. The number of nitrogens with zero attached hydrogens (tertiary/aromatic N) is 2. The number of rotatable bonds is 3. The van der Waals surface area contributed by atoms with Gasteiger partial charge in [-0.25, -0.2) is 4.79 Å². The first-order chi connectivity index (χ1) is 11.3. The molecule has 0 saturated heterocycles. The molecule has 0 bridgehead atoms. The zero-order chi connectivity index (χ0) is 17.5. The van der Waals surface area contributed by atoms with Crippen molar-refractivity contribution in [3.8, 4) is 0 Å². The summed E-state index contributed by atoms with van der Waals surface area (Å²) >= 11 is 0.624. The van der Waals surface area contributed by atoms with Gasteiger partial charge in [-0.1, -0.05) is 23.5 Å². The van der Waals surface area contributed by atoms with E-state index in [-0.39, 0.29) is 26.3 Å². The largest absolute Gasteiger partial charge is 0.465 e. The van der Waals surface area contributed by atoms with Crippen molar-refractivity contribution in [3.05, 3.63) is 50.9 Å². The minimum atomic E-state index is -3.84. The van der Waals surface area contributed by atoms with Gasteiger partial charge in [0.05, 0.1) is 23.8 Å². The van der Waals surface area contributed by atoms with Gasteiger partial charge < -0.3 is 10.1 Å². The summed E-state index contributed by atoms with van der Waals surface area (Å²) in [6, 6.07) is 7.27. The third-order valence-electron chi connectivity index (χ3n) is 3.15. The van der Waals surface area contributed by atoms with Crippen LogP contribution in [-0.2, 0) is 14.8 Å². The molecule has 0 atom stereocenters. The Balaban J connectivity index is 2.07. The maximum atomic E-state index is 12.0. The van der Waals surface area contributed by atoms with Crippen molar-refractivity contribution in [2.45, 2.75) is 4.90 Å². The van der Waals surface area contributed by atoms with Crippen molar-refractivity contribution in [1.29, 1.82) is 0 Å². The quantitative estimate of drug-likeness (QED) is 0.499. The Hall–Kier alpha value is -2.79. The number of ether oxygens (including phenoxy) is 1. The minimum Gasteiger partial charge on any atom is -0.465 e. The fourth-order valence-corrected chi connectivity index (χ4v) is 4.15. The van der Waals surface area contributed by atoms with Crippen LogP contribution in [0.2, 0.25) is 0 Å². The van der Waals surface area contributed by atoms with Crippen LogP contribution in [0.5, 0.6) is 0 Å². The molecule has 0 amide bonds. The minimum absolute atomic E-state index is 0.0107. The monoisotopic (exact) mass is 367 g/mol. The highest BCUT2D eigenvalue weighted by molar-refractivity contribution is 7.90. The second-order valence-electron chi connectivity index (χ2n) is 4.61. The molecule has 0 radical (unpaired) electrons. The van der Waals surface area contributed by atoms with Crippen molar-refractivity contribution in [1.82, 2.24) is 0 Å². The summed E-state index contributed by atoms with van der Waals surface area (Å²) in [7, 11) is -2.70. The van der Waals surface area contributed by atoms with Crippen LogP contribution in [0.25, 0.3) is 0 Å². The Morgan fingerprint density at radius 1 is 1.38 bits per heavy atom. The molecule has 3 rings (SSSR count). The summed E-state index contributed by atoms with van der Waals surface area (Å²) < 4.78 is 32.3.